The lowest BCUT2D eigenvalue weighted by molar-refractivity contribution is -0.241. The Morgan fingerprint density at radius 2 is 2.05 bits per heavy atom. The number of ether oxygens (including phenoxy) is 1. The van der Waals surface area contributed by atoms with E-state index in [2.05, 4.69) is 13.5 Å². The van der Waals surface area contributed by atoms with Gasteiger partial charge in [0.05, 0.1) is 12.0 Å². The van der Waals surface area contributed by atoms with Gasteiger partial charge in [-0.05, 0) is 24.7 Å². The number of fused-ring (bicyclic) bond motifs is 2. The van der Waals surface area contributed by atoms with Crippen LogP contribution in [0.1, 0.15) is 39.5 Å². The molecule has 2 aliphatic carbocycles. The van der Waals surface area contributed by atoms with Gasteiger partial charge in [-0.15, -0.1) is 0 Å². The van der Waals surface area contributed by atoms with E-state index in [0.29, 0.717) is 19.3 Å². The summed E-state index contributed by atoms with van der Waals surface area (Å²) in [5.41, 5.74) is 0.938. The monoisotopic (exact) mass is 266 g/mol. The summed E-state index contributed by atoms with van der Waals surface area (Å²) in [5, 5.41) is 20.9. The molecule has 0 radical (unpaired) electrons. The maximum atomic E-state index is 11.8. The zero-order valence-electron chi connectivity index (χ0n) is 11.6. The van der Waals surface area contributed by atoms with Crippen molar-refractivity contribution < 1.29 is 19.7 Å². The van der Waals surface area contributed by atoms with E-state index in [-0.39, 0.29) is 29.1 Å². The minimum Gasteiger partial charge on any atom is -0.433 e. The van der Waals surface area contributed by atoms with Crippen molar-refractivity contribution in [3.63, 3.8) is 0 Å². The number of aliphatic hydroxyl groups is 2. The molecule has 0 aromatic rings. The molecule has 6 unspecified atom stereocenters. The maximum Gasteiger partial charge on any atom is 0.311 e. The Kier molecular flexibility index (Phi) is 2.64. The van der Waals surface area contributed by atoms with Gasteiger partial charge in [0.2, 0.25) is 5.79 Å². The third-order valence-electron chi connectivity index (χ3n) is 5.82. The van der Waals surface area contributed by atoms with Crippen molar-refractivity contribution in [1.82, 2.24) is 0 Å². The Balaban J connectivity index is 1.99. The van der Waals surface area contributed by atoms with Gasteiger partial charge in [0.25, 0.3) is 0 Å². The molecule has 6 atom stereocenters. The molecular weight excluding hydrogens is 244 g/mol. The highest BCUT2D eigenvalue weighted by atomic mass is 16.7. The van der Waals surface area contributed by atoms with Gasteiger partial charge in [-0.25, -0.2) is 0 Å². The SMILES string of the molecule is C=C1CCC(O)C2CC3(O)OC(=O)C(C)C3CC12C. The van der Waals surface area contributed by atoms with Gasteiger partial charge in [0.15, 0.2) is 0 Å². The van der Waals surface area contributed by atoms with Crippen LogP contribution < -0.4 is 0 Å². The van der Waals surface area contributed by atoms with Crippen molar-refractivity contribution in [1.29, 1.82) is 0 Å². The molecule has 0 bridgehead atoms. The lowest BCUT2D eigenvalue weighted by Crippen LogP contribution is -2.55. The Hall–Kier alpha value is -0.870. The largest absolute Gasteiger partial charge is 0.433 e. The van der Waals surface area contributed by atoms with Crippen molar-refractivity contribution in [3.05, 3.63) is 12.2 Å². The lowest BCUT2D eigenvalue weighted by Gasteiger charge is -2.54. The standard InChI is InChI=1S/C15H22O4/c1-8-4-5-12(16)11-7-15(18)10(6-14(8,11)3)9(2)13(17)19-15/h9-12,16,18H,1,4-7H2,2-3H3. The second-order valence-corrected chi connectivity index (χ2v) is 6.80. The molecule has 3 fully saturated rings. The van der Waals surface area contributed by atoms with Crippen LogP contribution in [0.25, 0.3) is 0 Å². The van der Waals surface area contributed by atoms with Crippen LogP contribution in [0.2, 0.25) is 0 Å². The van der Waals surface area contributed by atoms with Crippen molar-refractivity contribution >= 4 is 5.97 Å². The van der Waals surface area contributed by atoms with Gasteiger partial charge < -0.3 is 14.9 Å². The van der Waals surface area contributed by atoms with E-state index in [1.54, 1.807) is 0 Å². The van der Waals surface area contributed by atoms with E-state index in [0.717, 1.165) is 12.0 Å². The van der Waals surface area contributed by atoms with Crippen LogP contribution in [-0.4, -0.2) is 28.1 Å². The highest BCUT2D eigenvalue weighted by Gasteiger charge is 2.63. The van der Waals surface area contributed by atoms with Gasteiger partial charge in [-0.2, -0.15) is 0 Å². The number of hydrogen-bond donors (Lipinski definition) is 2. The summed E-state index contributed by atoms with van der Waals surface area (Å²) in [4.78, 5) is 11.8. The number of carbonyl (C=O) groups excluding carboxylic acids is 1. The van der Waals surface area contributed by atoms with E-state index in [4.69, 9.17) is 4.74 Å². The first-order chi connectivity index (χ1) is 8.78. The fourth-order valence-electron chi connectivity index (χ4n) is 4.35. The van der Waals surface area contributed by atoms with Gasteiger partial charge in [-0.1, -0.05) is 26.0 Å². The first-order valence-electron chi connectivity index (χ1n) is 7.09. The average molecular weight is 266 g/mol. The third-order valence-corrected chi connectivity index (χ3v) is 5.82. The number of rotatable bonds is 0. The second kappa shape index (κ2) is 3.83. The smallest absolute Gasteiger partial charge is 0.311 e. The lowest BCUT2D eigenvalue weighted by atomic mass is 9.53. The van der Waals surface area contributed by atoms with Crippen molar-refractivity contribution in [3.8, 4) is 0 Å². The highest BCUT2D eigenvalue weighted by molar-refractivity contribution is 5.75. The summed E-state index contributed by atoms with van der Waals surface area (Å²) in [6.45, 7) is 8.09. The van der Waals surface area contributed by atoms with Crippen molar-refractivity contribution in [2.24, 2.45) is 23.2 Å². The molecule has 1 saturated heterocycles. The Morgan fingerprint density at radius 3 is 2.74 bits per heavy atom. The normalized spacial score (nSPS) is 53.5. The Bertz CT molecular complexity index is 445. The van der Waals surface area contributed by atoms with Crippen LogP contribution in [0.4, 0.5) is 0 Å². The van der Waals surface area contributed by atoms with Crippen LogP contribution in [0.3, 0.4) is 0 Å². The van der Waals surface area contributed by atoms with E-state index in [9.17, 15) is 15.0 Å². The predicted octanol–water partition coefficient (Wildman–Crippen LogP) is 1.61. The Labute approximate surface area is 113 Å². The summed E-state index contributed by atoms with van der Waals surface area (Å²) >= 11 is 0. The van der Waals surface area contributed by atoms with Gasteiger partial charge in [-0.3, -0.25) is 4.79 Å². The molecule has 0 aromatic carbocycles. The quantitative estimate of drug-likeness (QED) is 0.516. The van der Waals surface area contributed by atoms with Crippen LogP contribution in [0.15, 0.2) is 12.2 Å². The molecule has 4 heteroatoms. The maximum absolute atomic E-state index is 11.8. The summed E-state index contributed by atoms with van der Waals surface area (Å²) in [7, 11) is 0. The minimum atomic E-state index is -1.39. The van der Waals surface area contributed by atoms with E-state index in [1.165, 1.54) is 0 Å². The molecule has 0 amide bonds. The van der Waals surface area contributed by atoms with Crippen LogP contribution in [0, 0.1) is 23.2 Å². The number of aliphatic hydroxyl groups excluding tert-OH is 1. The topological polar surface area (TPSA) is 66.8 Å². The number of allylic oxidation sites excluding steroid dienone is 1. The first-order valence-corrected chi connectivity index (χ1v) is 7.09. The van der Waals surface area contributed by atoms with Gasteiger partial charge in [0, 0.05) is 18.3 Å². The Morgan fingerprint density at radius 1 is 1.37 bits per heavy atom. The number of carbonyl (C=O) groups is 1. The predicted molar refractivity (Wildman–Crippen MR) is 68.9 cm³/mol. The molecule has 1 heterocycles. The van der Waals surface area contributed by atoms with Crippen molar-refractivity contribution in [2.75, 3.05) is 0 Å². The summed E-state index contributed by atoms with van der Waals surface area (Å²) in [6.07, 6.45) is 2.04. The third kappa shape index (κ3) is 1.62. The molecular formula is C15H22O4. The van der Waals surface area contributed by atoms with Crippen molar-refractivity contribution in [2.45, 2.75) is 51.4 Å². The average Bonchev–Trinajstić information content (AvgIpc) is 2.55. The molecule has 0 spiro atoms. The molecule has 4 nitrogen and oxygen atoms in total. The summed E-state index contributed by atoms with van der Waals surface area (Å²) < 4.78 is 5.22. The van der Waals surface area contributed by atoms with E-state index in [1.807, 2.05) is 6.92 Å². The molecule has 2 saturated carbocycles. The van der Waals surface area contributed by atoms with Gasteiger partial charge in [0.1, 0.15) is 0 Å². The molecule has 1 aliphatic heterocycles. The second-order valence-electron chi connectivity index (χ2n) is 6.80. The fourth-order valence-corrected chi connectivity index (χ4v) is 4.35. The molecule has 19 heavy (non-hydrogen) atoms. The zero-order chi connectivity index (χ0) is 14.0. The van der Waals surface area contributed by atoms with E-state index < -0.39 is 11.9 Å². The molecule has 2 N–H and O–H groups in total. The highest BCUT2D eigenvalue weighted by Crippen LogP contribution is 2.60. The molecule has 3 rings (SSSR count). The summed E-state index contributed by atoms with van der Waals surface area (Å²) in [5.74, 6) is -2.26. The van der Waals surface area contributed by atoms with Crippen LogP contribution >= 0.6 is 0 Å². The van der Waals surface area contributed by atoms with Gasteiger partial charge >= 0.3 is 5.97 Å². The number of esters is 1. The van der Waals surface area contributed by atoms with E-state index >= 15 is 0 Å². The zero-order valence-corrected chi connectivity index (χ0v) is 11.6. The molecule has 106 valence electrons. The summed E-state index contributed by atoms with van der Waals surface area (Å²) in [6, 6.07) is 0. The first kappa shape index (κ1) is 13.1. The fraction of sp³-hybridized carbons (Fsp3) is 0.800. The van der Waals surface area contributed by atoms with Crippen LogP contribution in [0.5, 0.6) is 0 Å². The van der Waals surface area contributed by atoms with Crippen LogP contribution in [-0.2, 0) is 9.53 Å². The molecule has 3 aliphatic rings. The molecule has 0 aromatic heterocycles. The number of hydrogen-bond acceptors (Lipinski definition) is 4. The minimum absolute atomic E-state index is 0.0758.